The van der Waals surface area contributed by atoms with Gasteiger partial charge in [-0.15, -0.1) is 0 Å². The SMILES string of the molecule is CCCNC1CCN(C2CCN3CCCC3C2)C(C)C1. The molecule has 116 valence electrons. The molecule has 0 aromatic heterocycles. The average molecular weight is 279 g/mol. The number of hydrogen-bond acceptors (Lipinski definition) is 3. The van der Waals surface area contributed by atoms with Crippen LogP contribution >= 0.6 is 0 Å². The summed E-state index contributed by atoms with van der Waals surface area (Å²) < 4.78 is 0. The Morgan fingerprint density at radius 2 is 1.90 bits per heavy atom. The Labute approximate surface area is 125 Å². The van der Waals surface area contributed by atoms with Gasteiger partial charge in [0.2, 0.25) is 0 Å². The molecular weight excluding hydrogens is 246 g/mol. The molecule has 3 saturated heterocycles. The van der Waals surface area contributed by atoms with Crippen LogP contribution in [-0.2, 0) is 0 Å². The van der Waals surface area contributed by atoms with Crippen LogP contribution in [0.25, 0.3) is 0 Å². The van der Waals surface area contributed by atoms with Crippen molar-refractivity contribution < 1.29 is 0 Å². The van der Waals surface area contributed by atoms with E-state index in [0.717, 1.165) is 24.2 Å². The van der Waals surface area contributed by atoms with Crippen molar-refractivity contribution in [3.63, 3.8) is 0 Å². The third-order valence-electron chi connectivity index (χ3n) is 5.87. The van der Waals surface area contributed by atoms with Gasteiger partial charge in [0.15, 0.2) is 0 Å². The fraction of sp³-hybridized carbons (Fsp3) is 1.00. The minimum absolute atomic E-state index is 0.771. The predicted molar refractivity (Wildman–Crippen MR) is 85.1 cm³/mol. The van der Waals surface area contributed by atoms with Crippen molar-refractivity contribution in [3.8, 4) is 0 Å². The van der Waals surface area contributed by atoms with Crippen molar-refractivity contribution in [1.29, 1.82) is 0 Å². The molecule has 3 nitrogen and oxygen atoms in total. The molecule has 0 radical (unpaired) electrons. The number of nitrogens with one attached hydrogen (secondary N) is 1. The highest BCUT2D eigenvalue weighted by atomic mass is 15.2. The predicted octanol–water partition coefficient (Wildman–Crippen LogP) is 2.47. The van der Waals surface area contributed by atoms with Crippen LogP contribution in [-0.4, -0.2) is 60.1 Å². The van der Waals surface area contributed by atoms with Crippen molar-refractivity contribution in [2.45, 2.75) is 83.0 Å². The van der Waals surface area contributed by atoms with Crippen LogP contribution in [0.5, 0.6) is 0 Å². The zero-order valence-corrected chi connectivity index (χ0v) is 13.5. The number of nitrogens with zero attached hydrogens (tertiary/aromatic N) is 2. The van der Waals surface area contributed by atoms with Gasteiger partial charge in [0.1, 0.15) is 0 Å². The van der Waals surface area contributed by atoms with Gasteiger partial charge in [-0.05, 0) is 71.5 Å². The summed E-state index contributed by atoms with van der Waals surface area (Å²) in [7, 11) is 0. The Morgan fingerprint density at radius 1 is 1.00 bits per heavy atom. The van der Waals surface area contributed by atoms with Gasteiger partial charge in [0.05, 0.1) is 0 Å². The van der Waals surface area contributed by atoms with Crippen molar-refractivity contribution in [2.24, 2.45) is 0 Å². The van der Waals surface area contributed by atoms with Gasteiger partial charge in [0, 0.05) is 30.7 Å². The molecule has 0 bridgehead atoms. The smallest absolute Gasteiger partial charge is 0.0125 e. The third-order valence-corrected chi connectivity index (χ3v) is 5.87. The second kappa shape index (κ2) is 6.76. The maximum absolute atomic E-state index is 3.73. The maximum Gasteiger partial charge on any atom is 0.0125 e. The standard InChI is InChI=1S/C17H33N3/c1-3-8-18-15-6-11-20(14(2)12-15)17-7-10-19-9-4-5-16(19)13-17/h14-18H,3-13H2,1-2H3. The van der Waals surface area contributed by atoms with E-state index in [2.05, 4.69) is 29.0 Å². The van der Waals surface area contributed by atoms with Crippen LogP contribution < -0.4 is 5.32 Å². The Hall–Kier alpha value is -0.120. The van der Waals surface area contributed by atoms with Gasteiger partial charge in [-0.25, -0.2) is 0 Å². The van der Waals surface area contributed by atoms with Crippen molar-refractivity contribution in [1.82, 2.24) is 15.1 Å². The molecule has 0 aromatic carbocycles. The fourth-order valence-corrected chi connectivity index (χ4v) is 4.77. The Kier molecular flexibility index (Phi) is 5.00. The van der Waals surface area contributed by atoms with E-state index >= 15 is 0 Å². The minimum atomic E-state index is 0.771. The van der Waals surface area contributed by atoms with E-state index in [1.165, 1.54) is 71.1 Å². The number of likely N-dealkylation sites (tertiary alicyclic amines) is 1. The van der Waals surface area contributed by atoms with Crippen LogP contribution in [0.1, 0.15) is 58.8 Å². The topological polar surface area (TPSA) is 18.5 Å². The van der Waals surface area contributed by atoms with Gasteiger partial charge in [-0.3, -0.25) is 4.90 Å². The Morgan fingerprint density at radius 3 is 2.70 bits per heavy atom. The van der Waals surface area contributed by atoms with Gasteiger partial charge >= 0.3 is 0 Å². The number of hydrogen-bond donors (Lipinski definition) is 1. The molecule has 4 unspecified atom stereocenters. The highest BCUT2D eigenvalue weighted by Crippen LogP contribution is 2.32. The summed E-state index contributed by atoms with van der Waals surface area (Å²) in [6.07, 6.45) is 9.72. The van der Waals surface area contributed by atoms with Crippen molar-refractivity contribution >= 4 is 0 Å². The lowest BCUT2D eigenvalue weighted by atomic mass is 9.90. The molecule has 0 spiro atoms. The van der Waals surface area contributed by atoms with E-state index in [1.807, 2.05) is 0 Å². The van der Waals surface area contributed by atoms with Gasteiger partial charge in [-0.2, -0.15) is 0 Å². The second-order valence-electron chi connectivity index (χ2n) is 7.27. The first kappa shape index (κ1) is 14.8. The third kappa shape index (κ3) is 3.20. The molecule has 0 amide bonds. The largest absolute Gasteiger partial charge is 0.314 e. The summed E-state index contributed by atoms with van der Waals surface area (Å²) in [4.78, 5) is 5.59. The summed E-state index contributed by atoms with van der Waals surface area (Å²) in [6.45, 7) is 9.96. The number of piperidine rings is 2. The molecule has 1 N–H and O–H groups in total. The monoisotopic (exact) mass is 279 g/mol. The summed E-state index contributed by atoms with van der Waals surface area (Å²) in [5.74, 6) is 0. The van der Waals surface area contributed by atoms with E-state index in [0.29, 0.717) is 0 Å². The molecule has 0 saturated carbocycles. The summed E-state index contributed by atoms with van der Waals surface area (Å²) in [5.41, 5.74) is 0. The lowest BCUT2D eigenvalue weighted by Gasteiger charge is -2.46. The maximum atomic E-state index is 3.73. The van der Waals surface area contributed by atoms with Crippen molar-refractivity contribution in [3.05, 3.63) is 0 Å². The Bertz CT molecular complexity index is 307. The summed E-state index contributed by atoms with van der Waals surface area (Å²) in [5, 5.41) is 3.73. The van der Waals surface area contributed by atoms with Gasteiger partial charge in [-0.1, -0.05) is 6.92 Å². The molecule has 3 heteroatoms. The van der Waals surface area contributed by atoms with Crippen molar-refractivity contribution in [2.75, 3.05) is 26.2 Å². The fourth-order valence-electron chi connectivity index (χ4n) is 4.77. The molecule has 3 aliphatic heterocycles. The molecule has 3 aliphatic rings. The lowest BCUT2D eigenvalue weighted by molar-refractivity contribution is 0.0353. The van der Waals surface area contributed by atoms with E-state index in [1.54, 1.807) is 0 Å². The lowest BCUT2D eigenvalue weighted by Crippen LogP contribution is -2.55. The molecule has 20 heavy (non-hydrogen) atoms. The highest BCUT2D eigenvalue weighted by Gasteiger charge is 2.37. The average Bonchev–Trinajstić information content (AvgIpc) is 2.92. The molecule has 4 atom stereocenters. The van der Waals surface area contributed by atoms with Crippen LogP contribution in [0.4, 0.5) is 0 Å². The summed E-state index contributed by atoms with van der Waals surface area (Å²) >= 11 is 0. The quantitative estimate of drug-likeness (QED) is 0.853. The zero-order chi connectivity index (χ0) is 13.9. The van der Waals surface area contributed by atoms with Crippen LogP contribution in [0, 0.1) is 0 Å². The van der Waals surface area contributed by atoms with Crippen LogP contribution in [0.2, 0.25) is 0 Å². The van der Waals surface area contributed by atoms with E-state index < -0.39 is 0 Å². The van der Waals surface area contributed by atoms with E-state index in [4.69, 9.17) is 0 Å². The first-order valence-corrected chi connectivity index (χ1v) is 9.01. The zero-order valence-electron chi connectivity index (χ0n) is 13.5. The second-order valence-corrected chi connectivity index (χ2v) is 7.27. The first-order chi connectivity index (χ1) is 9.78. The van der Waals surface area contributed by atoms with Gasteiger partial charge in [0.25, 0.3) is 0 Å². The normalized spacial score (nSPS) is 39.9. The van der Waals surface area contributed by atoms with Crippen LogP contribution in [0.15, 0.2) is 0 Å². The van der Waals surface area contributed by atoms with E-state index in [9.17, 15) is 0 Å². The molecule has 0 aliphatic carbocycles. The molecule has 3 heterocycles. The molecular formula is C17H33N3. The molecule has 3 fully saturated rings. The number of rotatable bonds is 4. The molecule has 0 aromatic rings. The van der Waals surface area contributed by atoms with Gasteiger partial charge < -0.3 is 10.2 Å². The summed E-state index contributed by atoms with van der Waals surface area (Å²) in [6, 6.07) is 3.33. The highest BCUT2D eigenvalue weighted by molar-refractivity contribution is 4.94. The van der Waals surface area contributed by atoms with E-state index in [-0.39, 0.29) is 0 Å². The Balaban J connectivity index is 1.50. The number of fused-ring (bicyclic) bond motifs is 1. The first-order valence-electron chi connectivity index (χ1n) is 9.01. The van der Waals surface area contributed by atoms with Crippen LogP contribution in [0.3, 0.4) is 0 Å². The minimum Gasteiger partial charge on any atom is -0.314 e. The molecule has 3 rings (SSSR count).